The summed E-state index contributed by atoms with van der Waals surface area (Å²) in [6, 6.07) is 95.2. The summed E-state index contributed by atoms with van der Waals surface area (Å²) < 4.78 is 0. The van der Waals surface area contributed by atoms with Crippen LogP contribution in [0.15, 0.2) is 255 Å². The van der Waals surface area contributed by atoms with E-state index in [0.29, 0.717) is 0 Å². The Morgan fingerprint density at radius 1 is 0.179 bits per heavy atom. The number of benzene rings is 12. The molecule has 310 valence electrons. The van der Waals surface area contributed by atoms with Crippen molar-refractivity contribution in [2.24, 2.45) is 0 Å². The lowest BCUT2D eigenvalue weighted by atomic mass is 9.70. The largest absolute Gasteiger partial charge is 0.0725 e. The third kappa shape index (κ3) is 5.48. The van der Waals surface area contributed by atoms with Gasteiger partial charge in [-0.25, -0.2) is 0 Å². The Morgan fingerprint density at radius 2 is 0.552 bits per heavy atom. The maximum atomic E-state index is 2.54. The Morgan fingerprint density at radius 3 is 1.07 bits per heavy atom. The Hall–Kier alpha value is -8.58. The van der Waals surface area contributed by atoms with Gasteiger partial charge in [-0.05, 0) is 157 Å². The lowest BCUT2D eigenvalue weighted by molar-refractivity contribution is 0.794. The molecule has 0 heteroatoms. The SMILES string of the molecule is c1ccc(-c2cc(-c3ccccc3)cc(-c3cccc4c(-c5c6ccccc6c(-c6ccc7c(c6)C6(c8ccccc8-c8ccccc86)c6ccccc6-7)c6ccccc56)cccc34)c2)cc1. The van der Waals surface area contributed by atoms with Gasteiger partial charge in [0, 0.05) is 0 Å². The monoisotopic (exact) mass is 846 g/mol. The molecule has 0 unspecified atom stereocenters. The summed E-state index contributed by atoms with van der Waals surface area (Å²) in [6.45, 7) is 0. The van der Waals surface area contributed by atoms with Gasteiger partial charge in [-0.1, -0.05) is 231 Å². The standard InChI is InChI=1S/C67H42/c1-3-19-43(20-4-1)46-39-47(44-21-5-2-6-22-44)41-48(40-46)49-30-17-32-51-50(49)31-18-33-56(51)66-59-28-9-7-26-57(59)65(58-27-8-10-29-60(58)66)45-37-38-55-54-25-13-16-36-63(54)67(64(55)42-45)61-34-14-11-23-52(61)53-24-12-15-35-62(53)67/h1-42H. The number of hydrogen-bond acceptors (Lipinski definition) is 0. The summed E-state index contributed by atoms with van der Waals surface area (Å²) in [5.74, 6) is 0. The molecule has 12 aromatic rings. The van der Waals surface area contributed by atoms with Gasteiger partial charge in [-0.2, -0.15) is 0 Å². The Bertz CT molecular complexity index is 3790. The second-order valence-electron chi connectivity index (χ2n) is 18.2. The van der Waals surface area contributed by atoms with Crippen LogP contribution in [0.2, 0.25) is 0 Å². The summed E-state index contributed by atoms with van der Waals surface area (Å²) in [5, 5.41) is 7.49. The first-order chi connectivity index (χ1) is 33.3. The van der Waals surface area contributed by atoms with Crippen LogP contribution in [-0.2, 0) is 5.41 Å². The molecule has 2 aliphatic rings. The molecule has 0 saturated heterocycles. The molecule has 12 aromatic carbocycles. The molecular formula is C67H42. The van der Waals surface area contributed by atoms with Crippen LogP contribution in [0.3, 0.4) is 0 Å². The van der Waals surface area contributed by atoms with Crippen LogP contribution < -0.4 is 0 Å². The highest BCUT2D eigenvalue weighted by molar-refractivity contribution is 6.24. The molecule has 1 spiro atoms. The summed E-state index contributed by atoms with van der Waals surface area (Å²) in [4.78, 5) is 0. The second-order valence-corrected chi connectivity index (χ2v) is 18.2. The van der Waals surface area contributed by atoms with Gasteiger partial charge < -0.3 is 0 Å². The molecule has 0 N–H and O–H groups in total. The Balaban J connectivity index is 0.996. The van der Waals surface area contributed by atoms with Crippen molar-refractivity contribution in [3.05, 3.63) is 277 Å². The van der Waals surface area contributed by atoms with E-state index in [2.05, 4.69) is 255 Å². The highest BCUT2D eigenvalue weighted by Crippen LogP contribution is 2.63. The fourth-order valence-corrected chi connectivity index (χ4v) is 12.1. The van der Waals surface area contributed by atoms with Gasteiger partial charge >= 0.3 is 0 Å². The third-order valence-electron chi connectivity index (χ3n) is 14.9. The Labute approximate surface area is 390 Å². The zero-order valence-corrected chi connectivity index (χ0v) is 36.7. The van der Waals surface area contributed by atoms with Crippen molar-refractivity contribution in [2.75, 3.05) is 0 Å². The highest BCUT2D eigenvalue weighted by atomic mass is 14.5. The van der Waals surface area contributed by atoms with E-state index in [9.17, 15) is 0 Å². The molecule has 0 aromatic heterocycles. The van der Waals surface area contributed by atoms with Gasteiger partial charge in [0.05, 0.1) is 5.41 Å². The van der Waals surface area contributed by atoms with Crippen LogP contribution >= 0.6 is 0 Å². The Kier molecular flexibility index (Phi) is 8.30. The van der Waals surface area contributed by atoms with Gasteiger partial charge in [0.15, 0.2) is 0 Å². The first-order valence-corrected chi connectivity index (χ1v) is 23.4. The predicted molar refractivity (Wildman–Crippen MR) is 282 cm³/mol. The predicted octanol–water partition coefficient (Wildman–Crippen LogP) is 17.8. The van der Waals surface area contributed by atoms with Crippen LogP contribution in [0.25, 0.3) is 110 Å². The maximum absolute atomic E-state index is 2.54. The summed E-state index contributed by atoms with van der Waals surface area (Å²) in [5.41, 5.74) is 22.6. The van der Waals surface area contributed by atoms with Crippen LogP contribution in [-0.4, -0.2) is 0 Å². The van der Waals surface area contributed by atoms with Gasteiger partial charge in [-0.3, -0.25) is 0 Å². The molecule has 0 saturated carbocycles. The lowest BCUT2D eigenvalue weighted by Crippen LogP contribution is -2.25. The quantitative estimate of drug-likeness (QED) is 0.151. The number of fused-ring (bicyclic) bond motifs is 13. The van der Waals surface area contributed by atoms with Crippen molar-refractivity contribution in [3.63, 3.8) is 0 Å². The molecule has 2 aliphatic carbocycles. The molecule has 0 nitrogen and oxygen atoms in total. The van der Waals surface area contributed by atoms with Crippen LogP contribution in [0, 0.1) is 0 Å². The van der Waals surface area contributed by atoms with E-state index in [1.54, 1.807) is 0 Å². The van der Waals surface area contributed by atoms with Crippen LogP contribution in [0.4, 0.5) is 0 Å². The van der Waals surface area contributed by atoms with E-state index in [1.165, 1.54) is 132 Å². The van der Waals surface area contributed by atoms with Gasteiger partial charge in [0.1, 0.15) is 0 Å². The topological polar surface area (TPSA) is 0 Å². The minimum Gasteiger partial charge on any atom is -0.0622 e. The van der Waals surface area contributed by atoms with Gasteiger partial charge in [0.25, 0.3) is 0 Å². The molecule has 0 fully saturated rings. The zero-order valence-electron chi connectivity index (χ0n) is 36.7. The molecule has 0 heterocycles. The van der Waals surface area contributed by atoms with Crippen LogP contribution in [0.1, 0.15) is 22.3 Å². The van der Waals surface area contributed by atoms with Crippen LogP contribution in [0.5, 0.6) is 0 Å². The molecule has 0 amide bonds. The average Bonchev–Trinajstić information content (AvgIpc) is 3.87. The van der Waals surface area contributed by atoms with E-state index in [-0.39, 0.29) is 0 Å². The van der Waals surface area contributed by atoms with Crippen molar-refractivity contribution in [2.45, 2.75) is 5.41 Å². The summed E-state index contributed by atoms with van der Waals surface area (Å²) in [7, 11) is 0. The van der Waals surface area contributed by atoms with E-state index in [1.807, 2.05) is 0 Å². The van der Waals surface area contributed by atoms with E-state index < -0.39 is 5.41 Å². The minimum absolute atomic E-state index is 0.413. The molecule has 67 heavy (non-hydrogen) atoms. The fraction of sp³-hybridized carbons (Fsp3) is 0.0149. The molecule has 0 bridgehead atoms. The first-order valence-electron chi connectivity index (χ1n) is 23.4. The number of rotatable bonds is 5. The minimum atomic E-state index is -0.413. The summed E-state index contributed by atoms with van der Waals surface area (Å²) >= 11 is 0. The molecule has 0 radical (unpaired) electrons. The average molecular weight is 847 g/mol. The summed E-state index contributed by atoms with van der Waals surface area (Å²) in [6.07, 6.45) is 0. The van der Waals surface area contributed by atoms with E-state index >= 15 is 0 Å². The smallest absolute Gasteiger partial charge is 0.0622 e. The highest BCUT2D eigenvalue weighted by Gasteiger charge is 2.51. The molecule has 0 aliphatic heterocycles. The van der Waals surface area contributed by atoms with Crippen molar-refractivity contribution in [3.8, 4) is 77.9 Å². The fourth-order valence-electron chi connectivity index (χ4n) is 12.1. The molecule has 0 atom stereocenters. The number of hydrogen-bond donors (Lipinski definition) is 0. The van der Waals surface area contributed by atoms with Crippen molar-refractivity contribution in [1.82, 2.24) is 0 Å². The van der Waals surface area contributed by atoms with Crippen molar-refractivity contribution >= 4 is 32.3 Å². The molecular weight excluding hydrogens is 805 g/mol. The van der Waals surface area contributed by atoms with E-state index in [0.717, 1.165) is 0 Å². The van der Waals surface area contributed by atoms with Gasteiger partial charge in [-0.15, -0.1) is 0 Å². The van der Waals surface area contributed by atoms with E-state index in [4.69, 9.17) is 0 Å². The van der Waals surface area contributed by atoms with Crippen molar-refractivity contribution < 1.29 is 0 Å². The normalized spacial score (nSPS) is 12.9. The van der Waals surface area contributed by atoms with Crippen molar-refractivity contribution in [1.29, 1.82) is 0 Å². The second kappa shape index (κ2) is 14.7. The molecule has 14 rings (SSSR count). The maximum Gasteiger partial charge on any atom is 0.0725 e. The third-order valence-corrected chi connectivity index (χ3v) is 14.9. The first kappa shape index (κ1) is 37.8. The lowest BCUT2D eigenvalue weighted by Gasteiger charge is -2.31. The van der Waals surface area contributed by atoms with Gasteiger partial charge in [0.2, 0.25) is 0 Å². The zero-order chi connectivity index (χ0) is 44.1.